The lowest BCUT2D eigenvalue weighted by Gasteiger charge is -2.31. The molecule has 1 saturated heterocycles. The van der Waals surface area contributed by atoms with Gasteiger partial charge in [0.05, 0.1) is 5.92 Å². The molecular weight excluding hydrogens is 304 g/mol. The largest absolute Gasteiger partial charge is 0.375 e. The molecule has 1 N–H and O–H groups in total. The number of ether oxygens (including phenoxy) is 1. The molecule has 1 unspecified atom stereocenters. The average molecular weight is 326 g/mol. The second-order valence-electron chi connectivity index (χ2n) is 5.37. The Balaban J connectivity index is 1.75. The van der Waals surface area contributed by atoms with Crippen molar-refractivity contribution < 1.29 is 14.3 Å². The van der Waals surface area contributed by atoms with E-state index in [1.807, 2.05) is 6.92 Å². The van der Waals surface area contributed by atoms with Gasteiger partial charge in [-0.05, 0) is 19.8 Å². The zero-order chi connectivity index (χ0) is 15.9. The van der Waals surface area contributed by atoms with Crippen molar-refractivity contribution in [2.75, 3.05) is 33.4 Å². The van der Waals surface area contributed by atoms with Crippen LogP contribution in [0.4, 0.5) is 0 Å². The van der Waals surface area contributed by atoms with Gasteiger partial charge < -0.3 is 15.0 Å². The molecule has 2 rings (SSSR count). The molecule has 1 aromatic rings. The molecular formula is C14H22N4O3S. The maximum Gasteiger partial charge on any atom is 0.248 e. The molecule has 2 heterocycles. The Morgan fingerprint density at radius 3 is 2.95 bits per heavy atom. The third-order valence-electron chi connectivity index (χ3n) is 3.62. The first kappa shape index (κ1) is 16.8. The van der Waals surface area contributed by atoms with Crippen molar-refractivity contribution in [1.29, 1.82) is 0 Å². The van der Waals surface area contributed by atoms with Crippen molar-refractivity contribution >= 4 is 23.2 Å². The van der Waals surface area contributed by atoms with Crippen LogP contribution in [0, 0.1) is 12.8 Å². The fraction of sp³-hybridized carbons (Fsp3) is 0.714. The predicted molar refractivity (Wildman–Crippen MR) is 82.5 cm³/mol. The molecule has 22 heavy (non-hydrogen) atoms. The lowest BCUT2D eigenvalue weighted by Crippen LogP contribution is -2.46. The highest BCUT2D eigenvalue weighted by atomic mass is 32.1. The van der Waals surface area contributed by atoms with Crippen molar-refractivity contribution in [3.63, 3.8) is 0 Å². The van der Waals surface area contributed by atoms with Gasteiger partial charge in [0.25, 0.3) is 0 Å². The summed E-state index contributed by atoms with van der Waals surface area (Å²) in [6.07, 6.45) is 2.36. The van der Waals surface area contributed by atoms with E-state index in [-0.39, 0.29) is 24.3 Å². The van der Waals surface area contributed by atoms with Crippen molar-refractivity contribution in [1.82, 2.24) is 20.4 Å². The molecule has 122 valence electrons. The minimum absolute atomic E-state index is 0.0103. The first-order valence-corrected chi connectivity index (χ1v) is 8.25. The van der Waals surface area contributed by atoms with E-state index < -0.39 is 0 Å². The summed E-state index contributed by atoms with van der Waals surface area (Å²) in [5, 5.41) is 12.8. The highest BCUT2D eigenvalue weighted by Gasteiger charge is 2.28. The number of piperidine rings is 1. The van der Waals surface area contributed by atoms with Gasteiger partial charge in [0.15, 0.2) is 0 Å². The van der Waals surface area contributed by atoms with Gasteiger partial charge in [-0.3, -0.25) is 9.59 Å². The van der Waals surface area contributed by atoms with Crippen molar-refractivity contribution in [3.8, 4) is 0 Å². The molecule has 0 saturated carbocycles. The fourth-order valence-electron chi connectivity index (χ4n) is 2.51. The van der Waals surface area contributed by atoms with Crippen LogP contribution in [0.2, 0.25) is 0 Å². The minimum atomic E-state index is -0.134. The predicted octanol–water partition coefficient (Wildman–Crippen LogP) is 0.390. The first-order valence-electron chi connectivity index (χ1n) is 7.43. The maximum absolute atomic E-state index is 12.2. The van der Waals surface area contributed by atoms with E-state index in [2.05, 4.69) is 15.5 Å². The Bertz CT molecular complexity index is 520. The van der Waals surface area contributed by atoms with Crippen LogP contribution in [-0.2, 0) is 20.7 Å². The third kappa shape index (κ3) is 4.74. The van der Waals surface area contributed by atoms with Crippen LogP contribution in [-0.4, -0.2) is 60.3 Å². The normalized spacial score (nSPS) is 18.3. The number of likely N-dealkylation sites (tertiary alicyclic amines) is 1. The molecule has 2 amide bonds. The van der Waals surface area contributed by atoms with Crippen molar-refractivity contribution in [3.05, 3.63) is 10.0 Å². The molecule has 1 aromatic heterocycles. The van der Waals surface area contributed by atoms with Crippen molar-refractivity contribution in [2.24, 2.45) is 5.92 Å². The monoisotopic (exact) mass is 326 g/mol. The number of rotatable bonds is 6. The standard InChI is InChI=1S/C14H22N4O3S/c1-10-16-17-12(22-10)5-6-15-14(20)11-4-3-7-18(8-11)13(19)9-21-2/h11H,3-9H2,1-2H3,(H,15,20). The second kappa shape index (κ2) is 8.19. The summed E-state index contributed by atoms with van der Waals surface area (Å²) in [6.45, 7) is 3.72. The molecule has 0 aromatic carbocycles. The van der Waals surface area contributed by atoms with Gasteiger partial charge in [0.1, 0.15) is 16.6 Å². The molecule has 0 radical (unpaired) electrons. The fourth-order valence-corrected chi connectivity index (χ4v) is 3.22. The molecule has 1 atom stereocenters. The Morgan fingerprint density at radius 1 is 1.45 bits per heavy atom. The molecule has 7 nitrogen and oxygen atoms in total. The van der Waals surface area contributed by atoms with E-state index in [9.17, 15) is 9.59 Å². The third-order valence-corrected chi connectivity index (χ3v) is 4.52. The van der Waals surface area contributed by atoms with Gasteiger partial charge in [-0.15, -0.1) is 21.5 Å². The van der Waals surface area contributed by atoms with Crippen LogP contribution in [0.25, 0.3) is 0 Å². The van der Waals surface area contributed by atoms with Crippen molar-refractivity contribution in [2.45, 2.75) is 26.2 Å². The van der Waals surface area contributed by atoms with Gasteiger partial charge in [0.2, 0.25) is 11.8 Å². The Labute approximate surface area is 134 Å². The van der Waals surface area contributed by atoms with E-state index in [1.165, 1.54) is 7.11 Å². The molecule has 8 heteroatoms. The number of nitrogens with one attached hydrogen (secondary N) is 1. The summed E-state index contributed by atoms with van der Waals surface area (Å²) in [5.74, 6) is -0.175. The van der Waals surface area contributed by atoms with Gasteiger partial charge >= 0.3 is 0 Å². The molecule has 0 bridgehead atoms. The lowest BCUT2D eigenvalue weighted by molar-refractivity contribution is -0.138. The van der Waals surface area contributed by atoms with Gasteiger partial charge in [-0.1, -0.05) is 0 Å². The minimum Gasteiger partial charge on any atom is -0.375 e. The maximum atomic E-state index is 12.2. The van der Waals surface area contributed by atoms with E-state index in [0.717, 1.165) is 22.9 Å². The second-order valence-corrected chi connectivity index (χ2v) is 6.63. The van der Waals surface area contributed by atoms with Crippen LogP contribution in [0.15, 0.2) is 0 Å². The van der Waals surface area contributed by atoms with Crippen LogP contribution in [0.3, 0.4) is 0 Å². The van der Waals surface area contributed by atoms with E-state index in [4.69, 9.17) is 4.74 Å². The number of carbonyl (C=O) groups is 2. The number of carbonyl (C=O) groups excluding carboxylic acids is 2. The highest BCUT2D eigenvalue weighted by molar-refractivity contribution is 7.11. The summed E-state index contributed by atoms with van der Waals surface area (Å²) in [4.78, 5) is 25.7. The lowest BCUT2D eigenvalue weighted by atomic mass is 9.97. The summed E-state index contributed by atoms with van der Waals surface area (Å²) in [6, 6.07) is 0. The van der Waals surface area contributed by atoms with Gasteiger partial charge in [-0.2, -0.15) is 0 Å². The Morgan fingerprint density at radius 2 is 2.27 bits per heavy atom. The first-order chi connectivity index (χ1) is 10.6. The zero-order valence-electron chi connectivity index (χ0n) is 13.0. The van der Waals surface area contributed by atoms with Crippen LogP contribution < -0.4 is 5.32 Å². The number of aromatic nitrogens is 2. The summed E-state index contributed by atoms with van der Waals surface area (Å²) in [5.41, 5.74) is 0. The summed E-state index contributed by atoms with van der Waals surface area (Å²) < 4.78 is 4.86. The number of hydrogen-bond acceptors (Lipinski definition) is 6. The quantitative estimate of drug-likeness (QED) is 0.817. The summed E-state index contributed by atoms with van der Waals surface area (Å²) >= 11 is 1.54. The Hall–Kier alpha value is -1.54. The van der Waals surface area contributed by atoms with E-state index in [1.54, 1.807) is 16.2 Å². The molecule has 0 aliphatic carbocycles. The molecule has 0 spiro atoms. The highest BCUT2D eigenvalue weighted by Crippen LogP contribution is 2.17. The SMILES string of the molecule is COCC(=O)N1CCCC(C(=O)NCCc2nnc(C)s2)C1. The van der Waals surface area contributed by atoms with E-state index >= 15 is 0 Å². The molecule has 1 aliphatic heterocycles. The number of nitrogens with zero attached hydrogens (tertiary/aromatic N) is 3. The van der Waals surface area contributed by atoms with Gasteiger partial charge in [-0.25, -0.2) is 0 Å². The number of aryl methyl sites for hydroxylation is 1. The average Bonchev–Trinajstić information content (AvgIpc) is 2.93. The van der Waals surface area contributed by atoms with Gasteiger partial charge in [0, 0.05) is 33.2 Å². The van der Waals surface area contributed by atoms with Crippen LogP contribution >= 0.6 is 11.3 Å². The van der Waals surface area contributed by atoms with Crippen LogP contribution in [0.1, 0.15) is 22.9 Å². The molecule has 1 fully saturated rings. The number of amides is 2. The smallest absolute Gasteiger partial charge is 0.248 e. The number of methoxy groups -OCH3 is 1. The summed E-state index contributed by atoms with van der Waals surface area (Å²) in [7, 11) is 1.50. The topological polar surface area (TPSA) is 84.4 Å². The van der Waals surface area contributed by atoms with E-state index in [0.29, 0.717) is 26.1 Å². The Kier molecular flexibility index (Phi) is 6.26. The molecule has 1 aliphatic rings. The zero-order valence-corrected chi connectivity index (χ0v) is 13.8. The van der Waals surface area contributed by atoms with Crippen LogP contribution in [0.5, 0.6) is 0 Å². The number of hydrogen-bond donors (Lipinski definition) is 1.